The van der Waals surface area contributed by atoms with E-state index in [0.717, 1.165) is 31.4 Å². The summed E-state index contributed by atoms with van der Waals surface area (Å²) in [6.45, 7) is 3.61. The smallest absolute Gasteiger partial charge is 0.410 e. The lowest BCUT2D eigenvalue weighted by atomic mass is 9.72. The maximum atomic E-state index is 12.5. The summed E-state index contributed by atoms with van der Waals surface area (Å²) in [5, 5.41) is 0. The SMILES string of the molecule is O=C(CN1CCOC1=O)N1CCC2(CCC(=O)N(Cc3cccnc3)C2)CC1. The first kappa shape index (κ1) is 18.7. The standard InChI is InChI=1S/C20H26N4O4/c25-17-3-4-20(15-24(17)13-16-2-1-7-21-12-16)5-8-22(9-6-20)18(26)14-23-10-11-28-19(23)27/h1-2,7,12H,3-6,8-11,13-15H2. The van der Waals surface area contributed by atoms with Crippen LogP contribution >= 0.6 is 0 Å². The number of aromatic nitrogens is 1. The maximum Gasteiger partial charge on any atom is 0.410 e. The zero-order chi connectivity index (χ0) is 19.6. The summed E-state index contributed by atoms with van der Waals surface area (Å²) in [5.41, 5.74) is 1.12. The molecule has 4 rings (SSSR count). The minimum absolute atomic E-state index is 0.0206. The minimum atomic E-state index is -0.404. The summed E-state index contributed by atoms with van der Waals surface area (Å²) >= 11 is 0. The first-order valence-electron chi connectivity index (χ1n) is 9.91. The van der Waals surface area contributed by atoms with Gasteiger partial charge < -0.3 is 14.5 Å². The van der Waals surface area contributed by atoms with Crippen molar-refractivity contribution in [3.63, 3.8) is 0 Å². The zero-order valence-electron chi connectivity index (χ0n) is 16.0. The Bertz CT molecular complexity index is 746. The van der Waals surface area contributed by atoms with Crippen molar-refractivity contribution < 1.29 is 19.1 Å². The predicted octanol–water partition coefficient (Wildman–Crippen LogP) is 1.26. The number of hydrogen-bond donors (Lipinski definition) is 0. The van der Waals surface area contributed by atoms with Gasteiger partial charge >= 0.3 is 6.09 Å². The summed E-state index contributed by atoms with van der Waals surface area (Å²) in [6, 6.07) is 3.88. The highest BCUT2D eigenvalue weighted by Crippen LogP contribution is 2.40. The Hall–Kier alpha value is -2.64. The van der Waals surface area contributed by atoms with E-state index >= 15 is 0 Å². The van der Waals surface area contributed by atoms with E-state index in [-0.39, 0.29) is 23.8 Å². The van der Waals surface area contributed by atoms with E-state index in [0.29, 0.717) is 39.2 Å². The Balaban J connectivity index is 1.33. The molecule has 3 aliphatic heterocycles. The van der Waals surface area contributed by atoms with Crippen LogP contribution in [0.3, 0.4) is 0 Å². The van der Waals surface area contributed by atoms with E-state index in [1.165, 1.54) is 4.90 Å². The van der Waals surface area contributed by atoms with Crippen LogP contribution in [0.25, 0.3) is 0 Å². The highest BCUT2D eigenvalue weighted by molar-refractivity contribution is 5.83. The molecule has 0 saturated carbocycles. The highest BCUT2D eigenvalue weighted by Gasteiger charge is 2.42. The lowest BCUT2D eigenvalue weighted by Gasteiger charge is -2.47. The quantitative estimate of drug-likeness (QED) is 0.778. The second-order valence-corrected chi connectivity index (χ2v) is 8.03. The van der Waals surface area contributed by atoms with Gasteiger partial charge in [0.1, 0.15) is 13.2 Å². The number of likely N-dealkylation sites (tertiary alicyclic amines) is 2. The molecule has 3 saturated heterocycles. The first-order valence-corrected chi connectivity index (χ1v) is 9.91. The zero-order valence-corrected chi connectivity index (χ0v) is 16.0. The first-order chi connectivity index (χ1) is 13.5. The fourth-order valence-electron chi connectivity index (χ4n) is 4.43. The van der Waals surface area contributed by atoms with Gasteiger partial charge in [0, 0.05) is 45.0 Å². The largest absolute Gasteiger partial charge is 0.448 e. The Kier molecular flexibility index (Phi) is 5.19. The van der Waals surface area contributed by atoms with Crippen LogP contribution in [0, 0.1) is 5.41 Å². The van der Waals surface area contributed by atoms with Gasteiger partial charge in [-0.3, -0.25) is 19.5 Å². The summed E-state index contributed by atoms with van der Waals surface area (Å²) < 4.78 is 4.89. The Morgan fingerprint density at radius 3 is 2.64 bits per heavy atom. The summed E-state index contributed by atoms with van der Waals surface area (Å²) in [4.78, 5) is 45.9. The van der Waals surface area contributed by atoms with Gasteiger partial charge in [0.2, 0.25) is 11.8 Å². The van der Waals surface area contributed by atoms with Gasteiger partial charge in [0.15, 0.2) is 0 Å². The second-order valence-electron chi connectivity index (χ2n) is 8.03. The van der Waals surface area contributed by atoms with Gasteiger partial charge in [-0.1, -0.05) is 6.07 Å². The Morgan fingerprint density at radius 1 is 1.14 bits per heavy atom. The average Bonchev–Trinajstić information content (AvgIpc) is 3.11. The lowest BCUT2D eigenvalue weighted by Crippen LogP contribution is -2.53. The van der Waals surface area contributed by atoms with Crippen molar-refractivity contribution in [3.8, 4) is 0 Å². The number of carbonyl (C=O) groups is 3. The molecule has 1 aromatic heterocycles. The average molecular weight is 386 g/mol. The molecule has 0 radical (unpaired) electrons. The third-order valence-electron chi connectivity index (χ3n) is 6.19. The van der Waals surface area contributed by atoms with Crippen molar-refractivity contribution in [2.24, 2.45) is 5.41 Å². The molecule has 1 aromatic rings. The fourth-order valence-corrected chi connectivity index (χ4v) is 4.43. The lowest BCUT2D eigenvalue weighted by molar-refractivity contribution is -0.143. The molecule has 0 aromatic carbocycles. The molecule has 150 valence electrons. The van der Waals surface area contributed by atoms with E-state index in [1.54, 1.807) is 12.4 Å². The van der Waals surface area contributed by atoms with E-state index in [1.807, 2.05) is 21.9 Å². The molecule has 8 heteroatoms. The topological polar surface area (TPSA) is 83.0 Å². The highest BCUT2D eigenvalue weighted by atomic mass is 16.6. The van der Waals surface area contributed by atoms with Crippen LogP contribution in [-0.4, -0.2) is 76.9 Å². The van der Waals surface area contributed by atoms with Gasteiger partial charge in [-0.25, -0.2) is 4.79 Å². The molecule has 0 aliphatic carbocycles. The van der Waals surface area contributed by atoms with Crippen LogP contribution in [0.15, 0.2) is 24.5 Å². The van der Waals surface area contributed by atoms with E-state index in [9.17, 15) is 14.4 Å². The van der Waals surface area contributed by atoms with Crippen LogP contribution in [0.2, 0.25) is 0 Å². The maximum absolute atomic E-state index is 12.5. The predicted molar refractivity (Wildman–Crippen MR) is 100 cm³/mol. The molecule has 4 heterocycles. The number of amides is 3. The number of hydrogen-bond acceptors (Lipinski definition) is 5. The molecule has 3 amide bonds. The minimum Gasteiger partial charge on any atom is -0.448 e. The van der Waals surface area contributed by atoms with Gasteiger partial charge in [-0.15, -0.1) is 0 Å². The van der Waals surface area contributed by atoms with E-state index in [4.69, 9.17) is 4.74 Å². The molecule has 0 atom stereocenters. The van der Waals surface area contributed by atoms with Crippen molar-refractivity contribution in [3.05, 3.63) is 30.1 Å². The van der Waals surface area contributed by atoms with Crippen molar-refractivity contribution in [2.75, 3.05) is 39.3 Å². The van der Waals surface area contributed by atoms with E-state index in [2.05, 4.69) is 4.98 Å². The molecular weight excluding hydrogens is 360 g/mol. The number of rotatable bonds is 4. The molecule has 1 spiro atoms. The van der Waals surface area contributed by atoms with Gasteiger partial charge in [-0.2, -0.15) is 0 Å². The fraction of sp³-hybridized carbons (Fsp3) is 0.600. The van der Waals surface area contributed by atoms with Crippen LogP contribution in [0.1, 0.15) is 31.2 Å². The molecule has 28 heavy (non-hydrogen) atoms. The number of carbonyl (C=O) groups excluding carboxylic acids is 3. The monoisotopic (exact) mass is 386 g/mol. The molecule has 0 bridgehead atoms. The van der Waals surface area contributed by atoms with Gasteiger partial charge in [0.25, 0.3) is 0 Å². The van der Waals surface area contributed by atoms with E-state index < -0.39 is 6.09 Å². The Labute approximate surface area is 164 Å². The van der Waals surface area contributed by atoms with Crippen LogP contribution in [-0.2, 0) is 20.9 Å². The second kappa shape index (κ2) is 7.77. The molecule has 3 aliphatic rings. The number of nitrogens with zero attached hydrogens (tertiary/aromatic N) is 4. The normalized spacial score (nSPS) is 21.9. The van der Waals surface area contributed by atoms with Crippen molar-refractivity contribution in [2.45, 2.75) is 32.2 Å². The summed E-state index contributed by atoms with van der Waals surface area (Å²) in [5.74, 6) is 0.174. The number of ether oxygens (including phenoxy) is 1. The van der Waals surface area contributed by atoms with Crippen LogP contribution in [0.5, 0.6) is 0 Å². The van der Waals surface area contributed by atoms with Gasteiger partial charge in [0.05, 0.1) is 6.54 Å². The van der Waals surface area contributed by atoms with Crippen LogP contribution in [0.4, 0.5) is 4.79 Å². The molecule has 8 nitrogen and oxygen atoms in total. The van der Waals surface area contributed by atoms with Crippen molar-refractivity contribution in [1.29, 1.82) is 0 Å². The molecule has 3 fully saturated rings. The number of cyclic esters (lactones) is 1. The summed E-state index contributed by atoms with van der Waals surface area (Å²) in [6.07, 6.45) is 6.36. The van der Waals surface area contributed by atoms with Crippen molar-refractivity contribution in [1.82, 2.24) is 19.7 Å². The Morgan fingerprint density at radius 2 is 1.96 bits per heavy atom. The summed E-state index contributed by atoms with van der Waals surface area (Å²) in [7, 11) is 0. The molecule has 0 N–H and O–H groups in total. The number of pyridine rings is 1. The van der Waals surface area contributed by atoms with Crippen molar-refractivity contribution >= 4 is 17.9 Å². The van der Waals surface area contributed by atoms with Gasteiger partial charge in [-0.05, 0) is 36.3 Å². The molecule has 0 unspecified atom stereocenters. The molecular formula is C20H26N4O4. The third kappa shape index (κ3) is 3.95. The van der Waals surface area contributed by atoms with Crippen LogP contribution < -0.4 is 0 Å². The third-order valence-corrected chi connectivity index (χ3v) is 6.19. The number of piperidine rings is 2.